The van der Waals surface area contributed by atoms with E-state index < -0.39 is 0 Å². The van der Waals surface area contributed by atoms with Crippen LogP contribution in [0, 0.1) is 0 Å². The molecule has 1 heterocycles. The molecule has 0 bridgehead atoms. The van der Waals surface area contributed by atoms with Crippen LogP contribution in [0.3, 0.4) is 0 Å². The third-order valence-corrected chi connectivity index (χ3v) is 4.53. The number of benzene rings is 2. The number of hydrogen-bond acceptors (Lipinski definition) is 4. The van der Waals surface area contributed by atoms with E-state index in [4.69, 9.17) is 16.3 Å². The molecule has 1 amide bonds. The summed E-state index contributed by atoms with van der Waals surface area (Å²) in [5.74, 6) is 0.357. The number of carbonyl (C=O) groups is 2. The Morgan fingerprint density at radius 1 is 1.14 bits per heavy atom. The van der Waals surface area contributed by atoms with Crippen LogP contribution < -0.4 is 5.32 Å². The van der Waals surface area contributed by atoms with Gasteiger partial charge in [0.2, 0.25) is 5.91 Å². The number of para-hydroxylation sites is 2. The van der Waals surface area contributed by atoms with E-state index in [-0.39, 0.29) is 24.8 Å². The second-order valence-corrected chi connectivity index (χ2v) is 6.75. The Bertz CT molecular complexity index is 967. The third-order valence-electron chi connectivity index (χ3n) is 4.27. The number of carbonyl (C=O) groups excluding carboxylic acids is 2. The van der Waals surface area contributed by atoms with Gasteiger partial charge in [-0.2, -0.15) is 0 Å². The van der Waals surface area contributed by atoms with Gasteiger partial charge in [-0.1, -0.05) is 35.9 Å². The zero-order valence-electron chi connectivity index (χ0n) is 15.7. The third kappa shape index (κ3) is 5.10. The van der Waals surface area contributed by atoms with Crippen LogP contribution >= 0.6 is 11.6 Å². The lowest BCUT2D eigenvalue weighted by Crippen LogP contribution is -2.28. The Morgan fingerprint density at radius 3 is 2.64 bits per heavy atom. The average Bonchev–Trinajstić information content (AvgIpc) is 3.01. The molecule has 0 aliphatic rings. The van der Waals surface area contributed by atoms with E-state index in [1.807, 2.05) is 41.0 Å². The molecule has 0 saturated carbocycles. The van der Waals surface area contributed by atoms with Crippen LogP contribution in [0.4, 0.5) is 0 Å². The Hall–Kier alpha value is -2.86. The van der Waals surface area contributed by atoms with Crippen molar-refractivity contribution < 1.29 is 14.3 Å². The van der Waals surface area contributed by atoms with Gasteiger partial charge in [-0.3, -0.25) is 9.59 Å². The summed E-state index contributed by atoms with van der Waals surface area (Å²) in [6, 6.07) is 14.8. The number of esters is 1. The lowest BCUT2D eigenvalue weighted by molar-refractivity contribution is -0.143. The van der Waals surface area contributed by atoms with Crippen molar-refractivity contribution in [2.45, 2.75) is 26.3 Å². The van der Waals surface area contributed by atoms with Crippen molar-refractivity contribution in [1.29, 1.82) is 0 Å². The van der Waals surface area contributed by atoms with E-state index in [0.29, 0.717) is 24.6 Å². The highest BCUT2D eigenvalue weighted by Crippen LogP contribution is 2.16. The van der Waals surface area contributed by atoms with Crippen molar-refractivity contribution in [3.05, 3.63) is 64.9 Å². The molecule has 0 fully saturated rings. The van der Waals surface area contributed by atoms with Gasteiger partial charge in [0, 0.05) is 18.0 Å². The van der Waals surface area contributed by atoms with Crippen LogP contribution in [-0.2, 0) is 33.7 Å². The quantitative estimate of drug-likeness (QED) is 0.590. The van der Waals surface area contributed by atoms with Gasteiger partial charge in [0.1, 0.15) is 12.4 Å². The first-order chi connectivity index (χ1) is 13.6. The molecule has 1 N–H and O–H groups in total. The highest BCUT2D eigenvalue weighted by molar-refractivity contribution is 6.30. The van der Waals surface area contributed by atoms with Gasteiger partial charge in [0.15, 0.2) is 0 Å². The van der Waals surface area contributed by atoms with Crippen LogP contribution in [0.1, 0.15) is 18.3 Å². The molecule has 0 unspecified atom stereocenters. The number of nitrogens with one attached hydrogen (secondary N) is 1. The molecule has 0 spiro atoms. The lowest BCUT2D eigenvalue weighted by atomic mass is 10.1. The molecule has 6 nitrogen and oxygen atoms in total. The molecule has 0 aliphatic carbocycles. The predicted octanol–water partition coefficient (Wildman–Crippen LogP) is 3.15. The monoisotopic (exact) mass is 399 g/mol. The lowest BCUT2D eigenvalue weighted by Gasteiger charge is -2.09. The molecule has 0 saturated heterocycles. The summed E-state index contributed by atoms with van der Waals surface area (Å²) in [5, 5.41) is 3.55. The molecule has 1 aromatic heterocycles. The summed E-state index contributed by atoms with van der Waals surface area (Å²) < 4.78 is 6.92. The first-order valence-electron chi connectivity index (χ1n) is 9.17. The number of rotatable bonds is 8. The predicted molar refractivity (Wildman–Crippen MR) is 108 cm³/mol. The number of nitrogens with zero attached hydrogens (tertiary/aromatic N) is 2. The largest absolute Gasteiger partial charge is 0.465 e. The molecular weight excluding hydrogens is 378 g/mol. The molecule has 0 radical (unpaired) electrons. The first kappa shape index (κ1) is 19.9. The maximum atomic E-state index is 12.2. The summed E-state index contributed by atoms with van der Waals surface area (Å²) in [4.78, 5) is 28.7. The summed E-state index contributed by atoms with van der Waals surface area (Å²) in [5.41, 5.74) is 2.59. The van der Waals surface area contributed by atoms with Gasteiger partial charge in [0.25, 0.3) is 0 Å². The van der Waals surface area contributed by atoms with Gasteiger partial charge in [-0.05, 0) is 36.8 Å². The van der Waals surface area contributed by atoms with E-state index in [1.54, 1.807) is 19.1 Å². The molecule has 0 atom stereocenters. The van der Waals surface area contributed by atoms with E-state index in [1.165, 1.54) is 0 Å². The summed E-state index contributed by atoms with van der Waals surface area (Å²) in [7, 11) is 0. The number of amides is 1. The highest BCUT2D eigenvalue weighted by Gasteiger charge is 2.14. The molecule has 146 valence electrons. The fourth-order valence-electron chi connectivity index (χ4n) is 2.99. The zero-order valence-corrected chi connectivity index (χ0v) is 16.4. The van der Waals surface area contributed by atoms with Crippen LogP contribution in [0.15, 0.2) is 48.5 Å². The van der Waals surface area contributed by atoms with Crippen LogP contribution in [-0.4, -0.2) is 34.6 Å². The molecular formula is C21H22ClN3O3. The van der Waals surface area contributed by atoms with Crippen LogP contribution in [0.25, 0.3) is 11.0 Å². The number of hydrogen-bond donors (Lipinski definition) is 1. The Balaban J connectivity index is 1.63. The molecule has 0 aliphatic heterocycles. The fraction of sp³-hybridized carbons (Fsp3) is 0.286. The standard InChI is InChI=1S/C21H22ClN3O3/c1-2-28-21(27)14-25-18-6-4-3-5-17(18)24-19(25)11-12-23-20(26)13-15-7-9-16(22)10-8-15/h3-10H,2,11-14H2,1H3,(H,23,26). The molecule has 7 heteroatoms. The molecule has 28 heavy (non-hydrogen) atoms. The van der Waals surface area contributed by atoms with Crippen molar-refractivity contribution in [2.24, 2.45) is 0 Å². The Labute approximate surface area is 168 Å². The van der Waals surface area contributed by atoms with E-state index in [0.717, 1.165) is 22.4 Å². The minimum absolute atomic E-state index is 0.0737. The van der Waals surface area contributed by atoms with Crippen molar-refractivity contribution in [1.82, 2.24) is 14.9 Å². The van der Waals surface area contributed by atoms with E-state index >= 15 is 0 Å². The summed E-state index contributed by atoms with van der Waals surface area (Å²) in [6.07, 6.45) is 0.802. The number of aromatic nitrogens is 2. The van der Waals surface area contributed by atoms with E-state index in [9.17, 15) is 9.59 Å². The number of imidazole rings is 1. The van der Waals surface area contributed by atoms with Gasteiger partial charge in [-0.15, -0.1) is 0 Å². The second-order valence-electron chi connectivity index (χ2n) is 6.31. The number of halogens is 1. The van der Waals surface area contributed by atoms with Crippen molar-refractivity contribution in [2.75, 3.05) is 13.2 Å². The smallest absolute Gasteiger partial charge is 0.326 e. The minimum atomic E-state index is -0.307. The van der Waals surface area contributed by atoms with Gasteiger partial charge < -0.3 is 14.6 Å². The number of fused-ring (bicyclic) bond motifs is 1. The number of ether oxygens (including phenoxy) is 1. The summed E-state index contributed by atoms with van der Waals surface area (Å²) in [6.45, 7) is 2.64. The van der Waals surface area contributed by atoms with Gasteiger partial charge in [0.05, 0.1) is 24.1 Å². The van der Waals surface area contributed by atoms with Crippen LogP contribution in [0.2, 0.25) is 5.02 Å². The fourth-order valence-corrected chi connectivity index (χ4v) is 3.12. The zero-order chi connectivity index (χ0) is 19.9. The average molecular weight is 400 g/mol. The molecule has 3 aromatic rings. The minimum Gasteiger partial charge on any atom is -0.465 e. The van der Waals surface area contributed by atoms with E-state index in [2.05, 4.69) is 10.3 Å². The Kier molecular flexibility index (Phi) is 6.66. The van der Waals surface area contributed by atoms with Crippen molar-refractivity contribution in [3.8, 4) is 0 Å². The van der Waals surface area contributed by atoms with Crippen LogP contribution in [0.5, 0.6) is 0 Å². The normalized spacial score (nSPS) is 10.8. The highest BCUT2D eigenvalue weighted by atomic mass is 35.5. The first-order valence-corrected chi connectivity index (χ1v) is 9.55. The molecule has 2 aromatic carbocycles. The Morgan fingerprint density at radius 2 is 1.89 bits per heavy atom. The SMILES string of the molecule is CCOC(=O)Cn1c(CCNC(=O)Cc2ccc(Cl)cc2)nc2ccccc21. The van der Waals surface area contributed by atoms with Gasteiger partial charge in [-0.25, -0.2) is 4.98 Å². The summed E-state index contributed by atoms with van der Waals surface area (Å²) >= 11 is 5.86. The van der Waals surface area contributed by atoms with Gasteiger partial charge >= 0.3 is 5.97 Å². The van der Waals surface area contributed by atoms with Crippen molar-refractivity contribution >= 4 is 34.5 Å². The maximum Gasteiger partial charge on any atom is 0.326 e. The molecule has 3 rings (SSSR count). The maximum absolute atomic E-state index is 12.2. The topological polar surface area (TPSA) is 73.2 Å². The van der Waals surface area contributed by atoms with Crippen molar-refractivity contribution in [3.63, 3.8) is 0 Å². The second kappa shape index (κ2) is 9.37.